The first-order valence-corrected chi connectivity index (χ1v) is 7.19. The maximum Gasteiger partial charge on any atom is 0.303 e. The Morgan fingerprint density at radius 3 is 2.90 bits per heavy atom. The van der Waals surface area contributed by atoms with E-state index < -0.39 is 5.97 Å². The summed E-state index contributed by atoms with van der Waals surface area (Å²) < 4.78 is 12.8. The Kier molecular flexibility index (Phi) is 6.50. The molecule has 1 unspecified atom stereocenters. The van der Waals surface area contributed by atoms with Crippen LogP contribution in [-0.2, 0) is 4.79 Å². The number of amidine groups is 1. The molecule has 3 N–H and O–H groups in total. The van der Waals surface area contributed by atoms with Crippen LogP contribution in [0, 0.1) is 0 Å². The fraction of sp³-hybridized carbons (Fsp3) is 0.500. The van der Waals surface area contributed by atoms with Crippen molar-refractivity contribution in [3.8, 4) is 0 Å². The van der Waals surface area contributed by atoms with Crippen LogP contribution in [0.1, 0.15) is 19.8 Å². The van der Waals surface area contributed by atoms with E-state index in [1.807, 2.05) is 18.9 Å². The molecule has 1 atom stereocenters. The Bertz CT molecular complexity index is 469. The smallest absolute Gasteiger partial charge is 0.303 e. The summed E-state index contributed by atoms with van der Waals surface area (Å²) in [4.78, 5) is 14.2. The molecule has 118 valence electrons. The van der Waals surface area contributed by atoms with E-state index in [2.05, 4.69) is 22.6 Å². The zero-order chi connectivity index (χ0) is 16.0. The van der Waals surface area contributed by atoms with Gasteiger partial charge in [-0.05, 0) is 12.3 Å². The molecule has 0 fully saturated rings. The Balaban J connectivity index is 3.09. The van der Waals surface area contributed by atoms with Crippen molar-refractivity contribution in [3.63, 3.8) is 0 Å². The molecule has 0 bridgehead atoms. The van der Waals surface area contributed by atoms with Crippen LogP contribution in [-0.4, -0.2) is 46.3 Å². The van der Waals surface area contributed by atoms with Crippen molar-refractivity contribution >= 4 is 22.9 Å². The van der Waals surface area contributed by atoms with Gasteiger partial charge in [0, 0.05) is 20.5 Å². The van der Waals surface area contributed by atoms with Crippen molar-refractivity contribution < 1.29 is 14.4 Å². The van der Waals surface area contributed by atoms with E-state index >= 15 is 0 Å². The molecule has 0 aliphatic carbocycles. The summed E-state index contributed by atoms with van der Waals surface area (Å²) in [7, 11) is 3.49. The second-order valence-corrected chi connectivity index (χ2v) is 5.39. The number of halogens is 1. The van der Waals surface area contributed by atoms with Crippen molar-refractivity contribution in [2.45, 2.75) is 25.9 Å². The van der Waals surface area contributed by atoms with Gasteiger partial charge in [0.1, 0.15) is 5.82 Å². The highest BCUT2D eigenvalue weighted by atomic mass is 32.2. The molecule has 0 saturated heterocycles. The minimum absolute atomic E-state index is 0.0118. The summed E-state index contributed by atoms with van der Waals surface area (Å²) in [5.41, 5.74) is 6.75. The first-order valence-electron chi connectivity index (χ1n) is 6.32. The standard InChI is InChI=1S/C12H20FN5O2S/c1-5-21-12(14-13)18(4)11-9(6-7-10(19)20)17(3)8(2)15-16-11/h5,8,15-16H,1,6-7H2,2-4H3,(H,19,20). The van der Waals surface area contributed by atoms with Gasteiger partial charge in [-0.2, -0.15) is 0 Å². The van der Waals surface area contributed by atoms with Crippen molar-refractivity contribution in [3.05, 3.63) is 23.5 Å². The molecule has 1 heterocycles. The van der Waals surface area contributed by atoms with Crippen LogP contribution in [0.2, 0.25) is 0 Å². The van der Waals surface area contributed by atoms with Gasteiger partial charge < -0.3 is 20.3 Å². The van der Waals surface area contributed by atoms with E-state index in [1.165, 1.54) is 10.3 Å². The third kappa shape index (κ3) is 4.36. The Labute approximate surface area is 127 Å². The summed E-state index contributed by atoms with van der Waals surface area (Å²) in [6.45, 7) is 5.45. The molecule has 0 radical (unpaired) electrons. The van der Waals surface area contributed by atoms with Gasteiger partial charge in [0.05, 0.1) is 18.3 Å². The van der Waals surface area contributed by atoms with E-state index in [0.717, 1.165) is 17.5 Å². The summed E-state index contributed by atoms with van der Waals surface area (Å²) in [5.74, 6) is -0.327. The number of allylic oxidation sites excluding steroid dienone is 1. The number of aliphatic carboxylic acids is 1. The first-order chi connectivity index (χ1) is 9.92. The van der Waals surface area contributed by atoms with Crippen LogP contribution < -0.4 is 10.9 Å². The lowest BCUT2D eigenvalue weighted by atomic mass is 10.2. The quantitative estimate of drug-likeness (QED) is 0.523. The predicted octanol–water partition coefficient (Wildman–Crippen LogP) is 1.45. The van der Waals surface area contributed by atoms with E-state index in [9.17, 15) is 9.28 Å². The lowest BCUT2D eigenvalue weighted by molar-refractivity contribution is -0.137. The molecule has 1 aliphatic heterocycles. The van der Waals surface area contributed by atoms with Crippen LogP contribution >= 0.6 is 11.8 Å². The van der Waals surface area contributed by atoms with Gasteiger partial charge in [-0.1, -0.05) is 28.0 Å². The number of nitrogens with zero attached hydrogens (tertiary/aromatic N) is 3. The molecule has 1 aliphatic rings. The van der Waals surface area contributed by atoms with Crippen molar-refractivity contribution in [2.24, 2.45) is 5.21 Å². The molecule has 0 spiro atoms. The third-order valence-corrected chi connectivity index (χ3v) is 3.86. The highest BCUT2D eigenvalue weighted by molar-refractivity contribution is 8.16. The molecule has 1 rings (SSSR count). The van der Waals surface area contributed by atoms with Gasteiger partial charge >= 0.3 is 5.97 Å². The molecular formula is C12H20FN5O2S. The molecule has 0 aromatic carbocycles. The molecular weight excluding hydrogens is 297 g/mol. The highest BCUT2D eigenvalue weighted by Crippen LogP contribution is 2.23. The lowest BCUT2D eigenvalue weighted by Crippen LogP contribution is -2.56. The predicted molar refractivity (Wildman–Crippen MR) is 81.5 cm³/mol. The zero-order valence-corrected chi connectivity index (χ0v) is 13.1. The molecule has 0 aromatic rings. The zero-order valence-electron chi connectivity index (χ0n) is 12.3. The number of hydrazine groups is 1. The van der Waals surface area contributed by atoms with E-state index in [-0.39, 0.29) is 17.8 Å². The van der Waals surface area contributed by atoms with Gasteiger partial charge in [-0.3, -0.25) is 4.79 Å². The molecule has 9 heteroatoms. The maximum atomic E-state index is 12.8. The van der Waals surface area contributed by atoms with Crippen LogP contribution in [0.4, 0.5) is 4.48 Å². The number of hydrogen-bond acceptors (Lipinski definition) is 6. The third-order valence-electron chi connectivity index (χ3n) is 3.14. The highest BCUT2D eigenvalue weighted by Gasteiger charge is 2.26. The SMILES string of the molecule is C=CSC(=NF)N(C)C1=C(CCC(=O)O)N(C)C(C)NN1. The molecule has 0 saturated carbocycles. The lowest BCUT2D eigenvalue weighted by Gasteiger charge is -2.40. The first kappa shape index (κ1) is 17.3. The average molecular weight is 317 g/mol. The van der Waals surface area contributed by atoms with Crippen LogP contribution in [0.15, 0.2) is 28.7 Å². The molecule has 0 aromatic heterocycles. The fourth-order valence-corrected chi connectivity index (χ4v) is 2.30. The number of carbonyl (C=O) groups is 1. The van der Waals surface area contributed by atoms with Gasteiger partial charge in [0.2, 0.25) is 5.17 Å². The fourth-order valence-electron chi connectivity index (χ4n) is 1.87. The Morgan fingerprint density at radius 2 is 2.38 bits per heavy atom. The number of thioether (sulfide) groups is 1. The largest absolute Gasteiger partial charge is 0.481 e. The Hall–Kier alpha value is -1.74. The van der Waals surface area contributed by atoms with E-state index in [4.69, 9.17) is 5.11 Å². The van der Waals surface area contributed by atoms with E-state index in [1.54, 1.807) is 7.05 Å². The second kappa shape index (κ2) is 7.89. The Morgan fingerprint density at radius 1 is 1.71 bits per heavy atom. The molecule has 21 heavy (non-hydrogen) atoms. The summed E-state index contributed by atoms with van der Waals surface area (Å²) in [6, 6.07) is 0. The second-order valence-electron chi connectivity index (χ2n) is 4.46. The normalized spacial score (nSPS) is 19.3. The summed E-state index contributed by atoms with van der Waals surface area (Å²) >= 11 is 1.03. The minimum Gasteiger partial charge on any atom is -0.481 e. The molecule has 0 amide bonds. The summed E-state index contributed by atoms with van der Waals surface area (Å²) in [6.07, 6.45) is 0.286. The maximum absolute atomic E-state index is 12.8. The monoisotopic (exact) mass is 317 g/mol. The van der Waals surface area contributed by atoms with Gasteiger partial charge in [-0.15, -0.1) is 0 Å². The van der Waals surface area contributed by atoms with Crippen molar-refractivity contribution in [2.75, 3.05) is 14.1 Å². The molecule has 7 nitrogen and oxygen atoms in total. The average Bonchev–Trinajstić information content (AvgIpc) is 2.45. The van der Waals surface area contributed by atoms with Gasteiger partial charge in [0.25, 0.3) is 0 Å². The van der Waals surface area contributed by atoms with Crippen LogP contribution in [0.5, 0.6) is 0 Å². The van der Waals surface area contributed by atoms with Crippen molar-refractivity contribution in [1.29, 1.82) is 0 Å². The van der Waals surface area contributed by atoms with Crippen molar-refractivity contribution in [1.82, 2.24) is 20.7 Å². The summed E-state index contributed by atoms with van der Waals surface area (Å²) in [5, 5.41) is 13.2. The number of rotatable bonds is 5. The number of carboxylic acid groups (broad SMARTS) is 1. The van der Waals surface area contributed by atoms with Crippen LogP contribution in [0.25, 0.3) is 0 Å². The van der Waals surface area contributed by atoms with E-state index in [0.29, 0.717) is 12.2 Å². The number of carboxylic acids is 1. The van der Waals surface area contributed by atoms with Gasteiger partial charge in [0.15, 0.2) is 0 Å². The topological polar surface area (TPSA) is 80.2 Å². The van der Waals surface area contributed by atoms with Gasteiger partial charge in [-0.25, -0.2) is 5.43 Å². The van der Waals surface area contributed by atoms with Crippen LogP contribution in [0.3, 0.4) is 0 Å². The minimum atomic E-state index is -0.885. The number of nitrogens with one attached hydrogen (secondary N) is 2. The number of hydrogen-bond donors (Lipinski definition) is 3.